The first-order chi connectivity index (χ1) is 15.3. The molecule has 4 rings (SSSR count). The van der Waals surface area contributed by atoms with E-state index in [0.717, 1.165) is 23.1 Å². The average molecular weight is 465 g/mol. The Balaban J connectivity index is 1.30. The van der Waals surface area contributed by atoms with Gasteiger partial charge in [-0.25, -0.2) is 8.42 Å². The number of nitrogens with zero attached hydrogens (tertiary/aromatic N) is 6. The van der Waals surface area contributed by atoms with Crippen LogP contribution in [0, 0.1) is 0 Å². The van der Waals surface area contributed by atoms with E-state index in [9.17, 15) is 18.0 Å². The number of hydrogen-bond donors (Lipinski definition) is 0. The molecule has 1 unspecified atom stereocenters. The molecule has 3 aliphatic heterocycles. The first-order valence-corrected chi connectivity index (χ1v) is 13.1. The Labute approximate surface area is 189 Å². The summed E-state index contributed by atoms with van der Waals surface area (Å²) in [5, 5.41) is 8.82. The SMILES string of the molecule is CC1CCCCN1c1ccc(N2CCN(S(=O)(=O)CCN3C(=O)CCCC3=O)CC2)nn1. The molecule has 3 fully saturated rings. The molecule has 0 bridgehead atoms. The lowest BCUT2D eigenvalue weighted by Gasteiger charge is -2.36. The number of aromatic nitrogens is 2. The zero-order valence-corrected chi connectivity index (χ0v) is 19.5. The van der Waals surface area contributed by atoms with Crippen LogP contribution in [-0.4, -0.2) is 90.7 Å². The fourth-order valence-electron chi connectivity index (χ4n) is 4.66. The van der Waals surface area contributed by atoms with E-state index in [0.29, 0.717) is 51.5 Å². The van der Waals surface area contributed by atoms with Crippen molar-refractivity contribution in [2.24, 2.45) is 0 Å². The van der Waals surface area contributed by atoms with Crippen LogP contribution in [0.1, 0.15) is 45.4 Å². The highest BCUT2D eigenvalue weighted by molar-refractivity contribution is 7.89. The van der Waals surface area contributed by atoms with Crippen LogP contribution in [-0.2, 0) is 19.6 Å². The van der Waals surface area contributed by atoms with Gasteiger partial charge in [-0.05, 0) is 44.7 Å². The smallest absolute Gasteiger partial charge is 0.229 e. The van der Waals surface area contributed by atoms with Crippen LogP contribution in [0.5, 0.6) is 0 Å². The number of rotatable bonds is 6. The van der Waals surface area contributed by atoms with E-state index >= 15 is 0 Å². The Morgan fingerprint density at radius 2 is 1.56 bits per heavy atom. The second-order valence-electron chi connectivity index (χ2n) is 8.78. The van der Waals surface area contributed by atoms with Crippen LogP contribution in [0.3, 0.4) is 0 Å². The number of carbonyl (C=O) groups excluding carboxylic acids is 2. The van der Waals surface area contributed by atoms with Gasteiger partial charge in [0.1, 0.15) is 0 Å². The number of piperidine rings is 2. The summed E-state index contributed by atoms with van der Waals surface area (Å²) in [6, 6.07) is 4.43. The van der Waals surface area contributed by atoms with Gasteiger partial charge in [-0.1, -0.05) is 0 Å². The molecule has 0 radical (unpaired) electrons. The topological polar surface area (TPSA) is 107 Å². The fraction of sp³-hybridized carbons (Fsp3) is 0.714. The number of likely N-dealkylation sites (tertiary alicyclic amines) is 1. The van der Waals surface area contributed by atoms with E-state index < -0.39 is 10.0 Å². The van der Waals surface area contributed by atoms with Crippen molar-refractivity contribution in [2.75, 3.05) is 54.8 Å². The molecule has 176 valence electrons. The van der Waals surface area contributed by atoms with Crippen molar-refractivity contribution in [3.8, 4) is 0 Å². The highest BCUT2D eigenvalue weighted by atomic mass is 32.2. The quantitative estimate of drug-likeness (QED) is 0.570. The largest absolute Gasteiger partial charge is 0.352 e. The number of imide groups is 1. The minimum absolute atomic E-state index is 0.0674. The van der Waals surface area contributed by atoms with Crippen molar-refractivity contribution in [3.05, 3.63) is 12.1 Å². The zero-order chi connectivity index (χ0) is 22.7. The molecule has 1 aromatic rings. The maximum Gasteiger partial charge on any atom is 0.229 e. The number of carbonyl (C=O) groups is 2. The van der Waals surface area contributed by atoms with Crippen molar-refractivity contribution < 1.29 is 18.0 Å². The molecule has 3 aliphatic rings. The van der Waals surface area contributed by atoms with Crippen molar-refractivity contribution in [1.82, 2.24) is 19.4 Å². The lowest BCUT2D eigenvalue weighted by Crippen LogP contribution is -2.51. The van der Waals surface area contributed by atoms with E-state index in [4.69, 9.17) is 0 Å². The maximum absolute atomic E-state index is 12.8. The molecule has 4 heterocycles. The summed E-state index contributed by atoms with van der Waals surface area (Å²) in [7, 11) is -3.54. The van der Waals surface area contributed by atoms with Gasteiger partial charge in [0.2, 0.25) is 21.8 Å². The molecule has 3 saturated heterocycles. The summed E-state index contributed by atoms with van der Waals surface area (Å²) >= 11 is 0. The number of piperazine rings is 1. The Morgan fingerprint density at radius 3 is 2.19 bits per heavy atom. The number of sulfonamides is 1. The van der Waals surface area contributed by atoms with Gasteiger partial charge in [0.15, 0.2) is 11.6 Å². The van der Waals surface area contributed by atoms with Crippen molar-refractivity contribution >= 4 is 33.5 Å². The summed E-state index contributed by atoms with van der Waals surface area (Å²) in [4.78, 5) is 29.3. The molecule has 11 heteroatoms. The van der Waals surface area contributed by atoms with Crippen LogP contribution in [0.2, 0.25) is 0 Å². The lowest BCUT2D eigenvalue weighted by molar-refractivity contribution is -0.147. The fourth-order valence-corrected chi connectivity index (χ4v) is 6.05. The molecule has 1 aromatic heterocycles. The highest BCUT2D eigenvalue weighted by Gasteiger charge is 2.31. The van der Waals surface area contributed by atoms with Crippen LogP contribution in [0.25, 0.3) is 0 Å². The van der Waals surface area contributed by atoms with Crippen LogP contribution < -0.4 is 9.80 Å². The van der Waals surface area contributed by atoms with E-state index in [2.05, 4.69) is 22.0 Å². The molecule has 0 N–H and O–H groups in total. The van der Waals surface area contributed by atoms with Crippen LogP contribution in [0.4, 0.5) is 11.6 Å². The van der Waals surface area contributed by atoms with Gasteiger partial charge in [-0.3, -0.25) is 14.5 Å². The molecular formula is C21H32N6O4S. The molecular weight excluding hydrogens is 432 g/mol. The van der Waals surface area contributed by atoms with Crippen LogP contribution >= 0.6 is 0 Å². The molecule has 10 nitrogen and oxygen atoms in total. The predicted octanol–water partition coefficient (Wildman–Crippen LogP) is 0.846. The molecule has 2 amide bonds. The monoisotopic (exact) mass is 464 g/mol. The highest BCUT2D eigenvalue weighted by Crippen LogP contribution is 2.24. The maximum atomic E-state index is 12.8. The third-order valence-corrected chi connectivity index (χ3v) is 8.50. The van der Waals surface area contributed by atoms with E-state index in [1.807, 2.05) is 17.0 Å². The summed E-state index contributed by atoms with van der Waals surface area (Å²) in [5.41, 5.74) is 0. The third kappa shape index (κ3) is 5.03. The first-order valence-electron chi connectivity index (χ1n) is 11.5. The van der Waals surface area contributed by atoms with Gasteiger partial charge in [-0.15, -0.1) is 10.2 Å². The second kappa shape index (κ2) is 9.70. The van der Waals surface area contributed by atoms with Gasteiger partial charge >= 0.3 is 0 Å². The number of anilines is 2. The van der Waals surface area contributed by atoms with Gasteiger partial charge in [0.05, 0.1) is 5.75 Å². The number of amides is 2. The lowest BCUT2D eigenvalue weighted by atomic mass is 10.0. The van der Waals surface area contributed by atoms with Gasteiger partial charge in [0.25, 0.3) is 0 Å². The summed E-state index contributed by atoms with van der Waals surface area (Å²) < 4.78 is 27.0. The molecule has 0 saturated carbocycles. The second-order valence-corrected chi connectivity index (χ2v) is 10.9. The van der Waals surface area contributed by atoms with Crippen molar-refractivity contribution in [3.63, 3.8) is 0 Å². The van der Waals surface area contributed by atoms with Crippen molar-refractivity contribution in [1.29, 1.82) is 0 Å². The van der Waals surface area contributed by atoms with Gasteiger partial charge in [-0.2, -0.15) is 4.31 Å². The van der Waals surface area contributed by atoms with Crippen molar-refractivity contribution in [2.45, 2.75) is 51.5 Å². The third-order valence-electron chi connectivity index (χ3n) is 6.65. The Kier molecular flexibility index (Phi) is 6.94. The molecule has 32 heavy (non-hydrogen) atoms. The summed E-state index contributed by atoms with van der Waals surface area (Å²) in [5.74, 6) is 0.862. The van der Waals surface area contributed by atoms with Gasteiger partial charge < -0.3 is 9.80 Å². The molecule has 0 aromatic carbocycles. The Morgan fingerprint density at radius 1 is 0.906 bits per heavy atom. The Bertz CT molecular complexity index is 914. The number of hydrogen-bond acceptors (Lipinski definition) is 8. The minimum atomic E-state index is -3.54. The predicted molar refractivity (Wildman–Crippen MR) is 121 cm³/mol. The standard InChI is InChI=1S/C21H32N6O4S/c1-17-5-2-3-10-26(17)19-9-8-18(22-23-19)24-11-13-25(14-12-24)32(30,31)16-15-27-20(28)6-4-7-21(27)29/h8-9,17H,2-7,10-16H2,1H3. The summed E-state index contributed by atoms with van der Waals surface area (Å²) in [6.45, 7) is 4.88. The zero-order valence-electron chi connectivity index (χ0n) is 18.6. The first kappa shape index (κ1) is 22.9. The Hall–Kier alpha value is -2.27. The molecule has 1 atom stereocenters. The van der Waals surface area contributed by atoms with E-state index in [1.54, 1.807) is 0 Å². The van der Waals surface area contributed by atoms with E-state index in [1.165, 1.54) is 23.6 Å². The van der Waals surface area contributed by atoms with Gasteiger partial charge in [0, 0.05) is 58.2 Å². The molecule has 0 spiro atoms. The minimum Gasteiger partial charge on any atom is -0.352 e. The summed E-state index contributed by atoms with van der Waals surface area (Å²) in [6.07, 6.45) is 4.75. The molecule has 0 aliphatic carbocycles. The van der Waals surface area contributed by atoms with Crippen LogP contribution in [0.15, 0.2) is 12.1 Å². The normalized spacial score (nSPS) is 23.7. The average Bonchev–Trinajstić information content (AvgIpc) is 2.79. The van der Waals surface area contributed by atoms with E-state index in [-0.39, 0.29) is 24.1 Å².